The van der Waals surface area contributed by atoms with Crippen molar-refractivity contribution < 1.29 is 14.2 Å². The lowest BCUT2D eigenvalue weighted by atomic mass is 10.2. The molecule has 0 unspecified atom stereocenters. The van der Waals surface area contributed by atoms with Crippen molar-refractivity contribution >= 4 is 5.69 Å². The second kappa shape index (κ2) is 7.40. The molecular formula is C16H19NO3. The van der Waals surface area contributed by atoms with Crippen LogP contribution in [0.5, 0.6) is 11.5 Å². The number of benzene rings is 2. The minimum atomic E-state index is 0.477. The fraction of sp³-hybridized carbons (Fsp3) is 0.250. The van der Waals surface area contributed by atoms with E-state index >= 15 is 0 Å². The first-order chi connectivity index (χ1) is 9.79. The van der Waals surface area contributed by atoms with E-state index in [1.165, 1.54) is 0 Å². The highest BCUT2D eigenvalue weighted by atomic mass is 16.5. The van der Waals surface area contributed by atoms with Gasteiger partial charge in [0.2, 0.25) is 0 Å². The maximum absolute atomic E-state index is 5.93. The summed E-state index contributed by atoms with van der Waals surface area (Å²) in [6, 6.07) is 15.4. The Kier molecular flexibility index (Phi) is 5.26. The molecule has 20 heavy (non-hydrogen) atoms. The number of anilines is 1. The third-order valence-electron chi connectivity index (χ3n) is 2.77. The molecule has 106 valence electrons. The molecule has 0 aliphatic heterocycles. The van der Waals surface area contributed by atoms with Crippen molar-refractivity contribution in [1.82, 2.24) is 0 Å². The molecule has 0 bridgehead atoms. The Labute approximate surface area is 119 Å². The number of hydrogen-bond acceptors (Lipinski definition) is 4. The zero-order valence-electron chi connectivity index (χ0n) is 11.5. The van der Waals surface area contributed by atoms with Gasteiger partial charge in [0.1, 0.15) is 24.7 Å². The Morgan fingerprint density at radius 3 is 2.45 bits per heavy atom. The zero-order chi connectivity index (χ0) is 14.2. The topological polar surface area (TPSA) is 53.7 Å². The number of rotatable bonds is 7. The van der Waals surface area contributed by atoms with Gasteiger partial charge in [0, 0.05) is 13.2 Å². The molecule has 2 aromatic carbocycles. The highest BCUT2D eigenvalue weighted by molar-refractivity contribution is 5.56. The molecule has 4 heteroatoms. The van der Waals surface area contributed by atoms with Gasteiger partial charge in [-0.2, -0.15) is 0 Å². The van der Waals surface area contributed by atoms with Crippen LogP contribution < -0.4 is 15.2 Å². The van der Waals surface area contributed by atoms with Crippen LogP contribution in [0.4, 0.5) is 5.69 Å². The molecule has 0 aliphatic carbocycles. The average molecular weight is 273 g/mol. The van der Waals surface area contributed by atoms with E-state index in [4.69, 9.17) is 19.9 Å². The van der Waals surface area contributed by atoms with Crippen LogP contribution >= 0.6 is 0 Å². The summed E-state index contributed by atoms with van der Waals surface area (Å²) in [5.41, 5.74) is 7.61. The predicted octanol–water partition coefficient (Wildman–Crippen LogP) is 2.87. The van der Waals surface area contributed by atoms with E-state index in [9.17, 15) is 0 Å². The van der Waals surface area contributed by atoms with Gasteiger partial charge in [-0.15, -0.1) is 0 Å². The van der Waals surface area contributed by atoms with E-state index < -0.39 is 0 Å². The molecule has 0 saturated carbocycles. The largest absolute Gasteiger partial charge is 0.489 e. The van der Waals surface area contributed by atoms with Gasteiger partial charge in [-0.3, -0.25) is 0 Å². The van der Waals surface area contributed by atoms with Crippen molar-refractivity contribution in [1.29, 1.82) is 0 Å². The first-order valence-corrected chi connectivity index (χ1v) is 6.47. The Hall–Kier alpha value is -2.20. The lowest BCUT2D eigenvalue weighted by molar-refractivity contribution is 0.146. The van der Waals surface area contributed by atoms with Crippen molar-refractivity contribution in [2.45, 2.75) is 6.61 Å². The Morgan fingerprint density at radius 2 is 1.75 bits per heavy atom. The Morgan fingerprint density at radius 1 is 0.950 bits per heavy atom. The number of ether oxygens (including phenoxy) is 3. The van der Waals surface area contributed by atoms with Gasteiger partial charge in [-0.05, 0) is 17.7 Å². The van der Waals surface area contributed by atoms with Crippen LogP contribution in [0, 0.1) is 0 Å². The minimum absolute atomic E-state index is 0.477. The summed E-state index contributed by atoms with van der Waals surface area (Å²) < 4.78 is 16.1. The molecule has 0 amide bonds. The molecule has 0 aliphatic rings. The predicted molar refractivity (Wildman–Crippen MR) is 79.0 cm³/mol. The lowest BCUT2D eigenvalue weighted by Crippen LogP contribution is -2.06. The average Bonchev–Trinajstić information content (AvgIpc) is 2.48. The van der Waals surface area contributed by atoms with Crippen LogP contribution in [-0.2, 0) is 11.3 Å². The van der Waals surface area contributed by atoms with Crippen molar-refractivity contribution in [3.8, 4) is 11.5 Å². The summed E-state index contributed by atoms with van der Waals surface area (Å²) in [4.78, 5) is 0. The molecule has 4 nitrogen and oxygen atoms in total. The summed E-state index contributed by atoms with van der Waals surface area (Å²) >= 11 is 0. The minimum Gasteiger partial charge on any atom is -0.489 e. The normalized spacial score (nSPS) is 10.2. The highest BCUT2D eigenvalue weighted by Gasteiger charge is 2.03. The van der Waals surface area contributed by atoms with Gasteiger partial charge in [-0.25, -0.2) is 0 Å². The number of hydrogen-bond donors (Lipinski definition) is 1. The maximum atomic E-state index is 5.93. The van der Waals surface area contributed by atoms with Gasteiger partial charge in [-0.1, -0.05) is 30.3 Å². The molecule has 0 saturated heterocycles. The van der Waals surface area contributed by atoms with Crippen LogP contribution in [0.2, 0.25) is 0 Å². The van der Waals surface area contributed by atoms with E-state index in [1.54, 1.807) is 13.2 Å². The molecule has 2 N–H and O–H groups in total. The maximum Gasteiger partial charge on any atom is 0.142 e. The molecule has 2 rings (SSSR count). The van der Waals surface area contributed by atoms with Gasteiger partial charge < -0.3 is 19.9 Å². The summed E-state index contributed by atoms with van der Waals surface area (Å²) in [5.74, 6) is 1.37. The van der Waals surface area contributed by atoms with E-state index in [2.05, 4.69) is 0 Å². The van der Waals surface area contributed by atoms with Crippen LogP contribution in [0.25, 0.3) is 0 Å². The number of nitrogen functional groups attached to an aromatic ring is 1. The number of methoxy groups -OCH3 is 1. The lowest BCUT2D eigenvalue weighted by Gasteiger charge is -2.11. The first kappa shape index (κ1) is 14.2. The van der Waals surface area contributed by atoms with Crippen LogP contribution in [0.3, 0.4) is 0 Å². The quantitative estimate of drug-likeness (QED) is 0.622. The van der Waals surface area contributed by atoms with Crippen LogP contribution in [0.15, 0.2) is 48.5 Å². The Balaban J connectivity index is 1.91. The van der Waals surface area contributed by atoms with E-state index in [-0.39, 0.29) is 0 Å². The van der Waals surface area contributed by atoms with Gasteiger partial charge in [0.25, 0.3) is 0 Å². The monoisotopic (exact) mass is 273 g/mol. The molecule has 0 atom stereocenters. The van der Waals surface area contributed by atoms with E-state index in [1.807, 2.05) is 42.5 Å². The molecule has 0 fully saturated rings. The highest BCUT2D eigenvalue weighted by Crippen LogP contribution is 2.26. The summed E-state index contributed by atoms with van der Waals surface area (Å²) in [7, 11) is 1.63. The smallest absolute Gasteiger partial charge is 0.142 e. The fourth-order valence-corrected chi connectivity index (χ4v) is 1.72. The molecule has 0 aromatic heterocycles. The van der Waals surface area contributed by atoms with Crippen molar-refractivity contribution in [2.24, 2.45) is 0 Å². The van der Waals surface area contributed by atoms with Crippen LogP contribution in [-0.4, -0.2) is 20.3 Å². The van der Waals surface area contributed by atoms with Crippen molar-refractivity contribution in [2.75, 3.05) is 26.1 Å². The van der Waals surface area contributed by atoms with Crippen LogP contribution in [0.1, 0.15) is 5.56 Å². The molecule has 0 spiro atoms. The second-order valence-corrected chi connectivity index (χ2v) is 4.32. The van der Waals surface area contributed by atoms with Gasteiger partial charge >= 0.3 is 0 Å². The number of nitrogens with two attached hydrogens (primary N) is 1. The zero-order valence-corrected chi connectivity index (χ0v) is 11.5. The molecular weight excluding hydrogens is 254 g/mol. The second-order valence-electron chi connectivity index (χ2n) is 4.32. The summed E-state index contributed by atoms with van der Waals surface area (Å²) in [6.07, 6.45) is 0. The summed E-state index contributed by atoms with van der Waals surface area (Å²) in [6.45, 7) is 1.53. The first-order valence-electron chi connectivity index (χ1n) is 6.47. The molecule has 0 heterocycles. The third-order valence-corrected chi connectivity index (χ3v) is 2.77. The fourth-order valence-electron chi connectivity index (χ4n) is 1.72. The SMILES string of the molecule is COCCOc1ccc(OCc2ccccc2)cc1N. The molecule has 2 aromatic rings. The van der Waals surface area contributed by atoms with Crippen molar-refractivity contribution in [3.63, 3.8) is 0 Å². The van der Waals surface area contributed by atoms with E-state index in [0.717, 1.165) is 11.3 Å². The van der Waals surface area contributed by atoms with E-state index in [0.29, 0.717) is 31.3 Å². The van der Waals surface area contributed by atoms with Gasteiger partial charge in [0.05, 0.1) is 12.3 Å². The molecule has 0 radical (unpaired) electrons. The van der Waals surface area contributed by atoms with Crippen molar-refractivity contribution in [3.05, 3.63) is 54.1 Å². The standard InChI is InChI=1S/C16H19NO3/c1-18-9-10-19-16-8-7-14(11-15(16)17)20-12-13-5-3-2-4-6-13/h2-8,11H,9-10,12,17H2,1H3. The third kappa shape index (κ3) is 4.17. The summed E-state index contributed by atoms with van der Waals surface area (Å²) in [5, 5.41) is 0. The Bertz CT molecular complexity index is 529. The van der Waals surface area contributed by atoms with Gasteiger partial charge in [0.15, 0.2) is 0 Å².